The minimum atomic E-state index is -0.155. The lowest BCUT2D eigenvalue weighted by molar-refractivity contribution is -0.116. The lowest BCUT2D eigenvalue weighted by Gasteiger charge is -2.28. The first-order valence-corrected chi connectivity index (χ1v) is 14.8. The molecule has 0 spiro atoms. The molecule has 0 bridgehead atoms. The minimum absolute atomic E-state index is 0.0529. The van der Waals surface area contributed by atoms with Crippen molar-refractivity contribution in [2.24, 2.45) is 0 Å². The second-order valence-electron chi connectivity index (χ2n) is 10.3. The summed E-state index contributed by atoms with van der Waals surface area (Å²) in [4.78, 5) is 20.1. The predicted molar refractivity (Wildman–Crippen MR) is 172 cm³/mol. The number of hydrogen-bond donors (Lipinski definition) is 2. The Hall–Kier alpha value is -4.01. The molecule has 2 atom stereocenters. The molecular formula is C33H30BrN5OS. The van der Waals surface area contributed by atoms with Crippen molar-refractivity contribution in [1.29, 1.82) is 0 Å². The highest BCUT2D eigenvalue weighted by atomic mass is 79.9. The monoisotopic (exact) mass is 623 g/mol. The van der Waals surface area contributed by atoms with Gasteiger partial charge in [0.1, 0.15) is 0 Å². The predicted octanol–water partition coefficient (Wildman–Crippen LogP) is 7.41. The normalized spacial score (nSPS) is 16.7. The van der Waals surface area contributed by atoms with Crippen LogP contribution in [0.25, 0.3) is 16.5 Å². The van der Waals surface area contributed by atoms with Gasteiger partial charge < -0.3 is 20.1 Å². The molecule has 2 unspecified atom stereocenters. The van der Waals surface area contributed by atoms with Crippen LogP contribution in [-0.4, -0.2) is 32.0 Å². The summed E-state index contributed by atoms with van der Waals surface area (Å²) < 4.78 is 3.29. The van der Waals surface area contributed by atoms with E-state index >= 15 is 0 Å². The first-order valence-electron chi connectivity index (χ1n) is 13.6. The third-order valence-corrected chi connectivity index (χ3v) is 8.75. The summed E-state index contributed by atoms with van der Waals surface area (Å²) in [5.41, 5.74) is 6.20. The number of carbonyl (C=O) groups excluding carboxylic acids is 1. The Morgan fingerprint density at radius 2 is 1.76 bits per heavy atom. The van der Waals surface area contributed by atoms with E-state index in [-0.39, 0.29) is 18.0 Å². The fourth-order valence-corrected chi connectivity index (χ4v) is 6.64. The number of fused-ring (bicyclic) bond motifs is 1. The molecule has 5 aromatic rings. The first kappa shape index (κ1) is 27.2. The average molecular weight is 625 g/mol. The largest absolute Gasteiger partial charge is 0.352 e. The van der Waals surface area contributed by atoms with Crippen molar-refractivity contribution in [3.63, 3.8) is 0 Å². The molecule has 41 heavy (non-hydrogen) atoms. The van der Waals surface area contributed by atoms with Gasteiger partial charge in [-0.05, 0) is 89.3 Å². The molecular weight excluding hydrogens is 594 g/mol. The molecule has 8 heteroatoms. The third-order valence-electron chi connectivity index (χ3n) is 7.72. The van der Waals surface area contributed by atoms with Gasteiger partial charge in [0.05, 0.1) is 23.5 Å². The van der Waals surface area contributed by atoms with E-state index in [2.05, 4.69) is 73.1 Å². The smallest absolute Gasteiger partial charge is 0.226 e. The van der Waals surface area contributed by atoms with Gasteiger partial charge in [0.15, 0.2) is 5.11 Å². The number of aryl methyl sites for hydroxylation is 1. The van der Waals surface area contributed by atoms with Crippen LogP contribution in [0.15, 0.2) is 102 Å². The number of carbonyl (C=O) groups is 1. The standard InChI is InChI=1S/C33H30BrN5OS/c1-21-20-25(22(2)39(21)29-16-6-5-13-26(29)34)32-31(28-14-7-8-18-35-28)37-33(41)38(32)19-17-30(40)36-27-15-9-11-23-10-3-4-12-24(23)27/h3-16,18,20,31-32H,17,19H2,1-2H3,(H,36,40)(H,37,41). The number of amides is 1. The van der Waals surface area contributed by atoms with E-state index in [1.807, 2.05) is 79.0 Å². The average Bonchev–Trinajstić information content (AvgIpc) is 3.47. The van der Waals surface area contributed by atoms with Crippen molar-refractivity contribution in [2.75, 3.05) is 11.9 Å². The van der Waals surface area contributed by atoms with E-state index < -0.39 is 0 Å². The van der Waals surface area contributed by atoms with E-state index in [0.717, 1.165) is 49.3 Å². The number of nitrogens with one attached hydrogen (secondary N) is 2. The Morgan fingerprint density at radius 1 is 1.00 bits per heavy atom. The summed E-state index contributed by atoms with van der Waals surface area (Å²) in [6.45, 7) is 4.73. The molecule has 3 heterocycles. The second kappa shape index (κ2) is 11.5. The quantitative estimate of drug-likeness (QED) is 0.185. The van der Waals surface area contributed by atoms with Crippen LogP contribution >= 0.6 is 28.1 Å². The maximum Gasteiger partial charge on any atom is 0.226 e. The maximum absolute atomic E-state index is 13.2. The van der Waals surface area contributed by atoms with Crippen LogP contribution in [0.3, 0.4) is 0 Å². The Bertz CT molecular complexity index is 1750. The number of hydrogen-bond acceptors (Lipinski definition) is 3. The summed E-state index contributed by atoms with van der Waals surface area (Å²) in [7, 11) is 0. The van der Waals surface area contributed by atoms with Crippen LogP contribution in [-0.2, 0) is 4.79 Å². The number of aromatic nitrogens is 2. The molecule has 1 fully saturated rings. The molecule has 0 saturated carbocycles. The topological polar surface area (TPSA) is 62.2 Å². The lowest BCUT2D eigenvalue weighted by Crippen LogP contribution is -2.33. The van der Waals surface area contributed by atoms with Crippen LogP contribution in [0.1, 0.15) is 41.1 Å². The highest BCUT2D eigenvalue weighted by Gasteiger charge is 2.41. The zero-order valence-electron chi connectivity index (χ0n) is 22.8. The molecule has 1 aliphatic rings. The lowest BCUT2D eigenvalue weighted by atomic mass is 9.96. The van der Waals surface area contributed by atoms with Gasteiger partial charge in [0, 0.05) is 46.1 Å². The van der Waals surface area contributed by atoms with E-state index in [9.17, 15) is 4.79 Å². The van der Waals surface area contributed by atoms with Crippen molar-refractivity contribution in [3.05, 3.63) is 124 Å². The summed E-state index contributed by atoms with van der Waals surface area (Å²) in [6.07, 6.45) is 2.10. The zero-order chi connectivity index (χ0) is 28.5. The Kier molecular flexibility index (Phi) is 7.60. The van der Waals surface area contributed by atoms with Gasteiger partial charge in [-0.25, -0.2) is 0 Å². The van der Waals surface area contributed by atoms with Crippen molar-refractivity contribution in [1.82, 2.24) is 19.8 Å². The second-order valence-corrected chi connectivity index (χ2v) is 11.5. The van der Waals surface area contributed by atoms with Gasteiger partial charge in [0.2, 0.25) is 5.91 Å². The van der Waals surface area contributed by atoms with Crippen LogP contribution < -0.4 is 10.6 Å². The minimum Gasteiger partial charge on any atom is -0.352 e. The van der Waals surface area contributed by atoms with E-state index in [1.54, 1.807) is 0 Å². The molecule has 0 radical (unpaired) electrons. The molecule has 2 N–H and O–H groups in total. The van der Waals surface area contributed by atoms with Gasteiger partial charge in [-0.1, -0.05) is 54.6 Å². The molecule has 1 aliphatic heterocycles. The zero-order valence-corrected chi connectivity index (χ0v) is 25.2. The number of pyridine rings is 1. The van der Waals surface area contributed by atoms with Crippen molar-refractivity contribution in [3.8, 4) is 5.69 Å². The molecule has 1 saturated heterocycles. The number of nitrogens with zero attached hydrogens (tertiary/aromatic N) is 3. The summed E-state index contributed by atoms with van der Waals surface area (Å²) in [5, 5.41) is 9.37. The molecule has 6 nitrogen and oxygen atoms in total. The maximum atomic E-state index is 13.2. The van der Waals surface area contributed by atoms with E-state index in [4.69, 9.17) is 12.2 Å². The Balaban J connectivity index is 1.32. The van der Waals surface area contributed by atoms with Gasteiger partial charge in [-0.3, -0.25) is 9.78 Å². The van der Waals surface area contributed by atoms with Crippen molar-refractivity contribution >= 4 is 55.6 Å². The summed E-state index contributed by atoms with van der Waals surface area (Å²) >= 11 is 9.61. The third kappa shape index (κ3) is 5.25. The number of rotatable bonds is 7. The van der Waals surface area contributed by atoms with Crippen LogP contribution in [0.5, 0.6) is 0 Å². The number of anilines is 1. The van der Waals surface area contributed by atoms with Gasteiger partial charge >= 0.3 is 0 Å². The number of thiocarbonyl (C=S) groups is 1. The van der Waals surface area contributed by atoms with E-state index in [1.165, 1.54) is 0 Å². The SMILES string of the molecule is Cc1cc(C2C(c3ccccn3)NC(=S)N2CCC(=O)Nc2cccc3ccccc23)c(C)n1-c1ccccc1Br. The first-order chi connectivity index (χ1) is 19.9. The summed E-state index contributed by atoms with van der Waals surface area (Å²) in [5.74, 6) is -0.0529. The highest BCUT2D eigenvalue weighted by molar-refractivity contribution is 9.10. The van der Waals surface area contributed by atoms with Crippen molar-refractivity contribution < 1.29 is 4.79 Å². The number of benzene rings is 3. The van der Waals surface area contributed by atoms with Gasteiger partial charge in [-0.2, -0.15) is 0 Å². The molecule has 206 valence electrons. The van der Waals surface area contributed by atoms with Gasteiger partial charge in [-0.15, -0.1) is 0 Å². The van der Waals surface area contributed by atoms with Crippen molar-refractivity contribution in [2.45, 2.75) is 32.4 Å². The summed E-state index contributed by atoms with van der Waals surface area (Å²) in [6, 6.07) is 30.1. The molecule has 2 aromatic heterocycles. The fourth-order valence-electron chi connectivity index (χ4n) is 5.84. The number of para-hydroxylation sites is 1. The molecule has 6 rings (SSSR count). The van der Waals surface area contributed by atoms with Crippen LogP contribution in [0, 0.1) is 13.8 Å². The van der Waals surface area contributed by atoms with Gasteiger partial charge in [0.25, 0.3) is 0 Å². The molecule has 0 aliphatic carbocycles. The number of halogens is 1. The van der Waals surface area contributed by atoms with Crippen LogP contribution in [0.4, 0.5) is 5.69 Å². The van der Waals surface area contributed by atoms with Crippen LogP contribution in [0.2, 0.25) is 0 Å². The Labute approximate surface area is 253 Å². The molecule has 1 amide bonds. The Morgan fingerprint density at radius 3 is 2.56 bits per heavy atom. The molecule has 3 aromatic carbocycles. The fraction of sp³-hybridized carbons (Fsp3) is 0.182. The highest BCUT2D eigenvalue weighted by Crippen LogP contribution is 2.42. The van der Waals surface area contributed by atoms with E-state index in [0.29, 0.717) is 18.1 Å².